The zero-order valence-electron chi connectivity index (χ0n) is 26.1. The predicted octanol–water partition coefficient (Wildman–Crippen LogP) is -1.53. The van der Waals surface area contributed by atoms with Gasteiger partial charge in [-0.25, -0.2) is 0 Å². The van der Waals surface area contributed by atoms with Crippen LogP contribution in [0.15, 0.2) is 0 Å². The SMILES string of the molecule is CC(CN1C(=O)SCC1O)OC1CSC(CO)OC(O)CS[C@@H](CO)OC(O)CSC(CO)OC(O)CSC(CO)OC(O)CSCO1. The number of hydrogen-bond acceptors (Lipinski definition) is 22. The van der Waals surface area contributed by atoms with Gasteiger partial charge in [-0.2, -0.15) is 0 Å². The molecule has 10 unspecified atom stereocenters. The molecule has 0 saturated carbocycles. The van der Waals surface area contributed by atoms with Crippen molar-refractivity contribution in [2.45, 2.75) is 72.4 Å². The molecule has 2 aliphatic rings. The molecule has 48 heavy (non-hydrogen) atoms. The van der Waals surface area contributed by atoms with Gasteiger partial charge in [-0.15, -0.1) is 58.8 Å². The van der Waals surface area contributed by atoms with Gasteiger partial charge in [-0.1, -0.05) is 11.8 Å². The Morgan fingerprint density at radius 3 is 1.50 bits per heavy atom. The molecule has 284 valence electrons. The molecule has 0 aromatic heterocycles. The summed E-state index contributed by atoms with van der Waals surface area (Å²) in [4.78, 5) is 13.4. The molecule has 17 nitrogen and oxygen atoms in total. The van der Waals surface area contributed by atoms with Gasteiger partial charge in [0.15, 0.2) is 31.5 Å². The Kier molecular flexibility index (Phi) is 24.3. The van der Waals surface area contributed by atoms with E-state index < -0.39 is 92.0 Å². The second-order valence-electron chi connectivity index (χ2n) is 9.89. The van der Waals surface area contributed by atoms with Gasteiger partial charge in [0.25, 0.3) is 5.24 Å². The van der Waals surface area contributed by atoms with E-state index >= 15 is 0 Å². The number of carbonyl (C=O) groups excluding carboxylic acids is 1. The van der Waals surface area contributed by atoms with Crippen LogP contribution >= 0.6 is 70.6 Å². The number of ether oxygens (including phenoxy) is 6. The predicted molar refractivity (Wildman–Crippen MR) is 185 cm³/mol. The smallest absolute Gasteiger partial charge is 0.283 e. The number of aliphatic hydroxyl groups is 9. The number of aliphatic hydroxyl groups excluding tert-OH is 9. The minimum Gasteiger partial charge on any atom is -0.393 e. The third kappa shape index (κ3) is 18.6. The van der Waals surface area contributed by atoms with Crippen molar-refractivity contribution in [3.05, 3.63) is 0 Å². The van der Waals surface area contributed by atoms with Gasteiger partial charge in [-0.05, 0) is 6.92 Å². The van der Waals surface area contributed by atoms with Crippen LogP contribution in [0.5, 0.6) is 0 Å². The van der Waals surface area contributed by atoms with Gasteiger partial charge < -0.3 is 79.3 Å². The topological polar surface area (TPSA) is 258 Å². The molecule has 9 N–H and O–H groups in total. The van der Waals surface area contributed by atoms with E-state index in [1.54, 1.807) is 6.92 Å². The average molecular weight is 810 g/mol. The summed E-state index contributed by atoms with van der Waals surface area (Å²) < 4.78 is 33.6. The fraction of sp³-hybridized carbons (Fsp3) is 0.960. The summed E-state index contributed by atoms with van der Waals surface area (Å²) in [5, 5.41) is 90.0. The molecule has 0 aliphatic carbocycles. The normalized spacial score (nSPS) is 36.3. The highest BCUT2D eigenvalue weighted by Crippen LogP contribution is 2.26. The molecule has 1 amide bonds. The van der Waals surface area contributed by atoms with Crippen molar-refractivity contribution < 1.29 is 79.2 Å². The van der Waals surface area contributed by atoms with Crippen LogP contribution in [0.2, 0.25) is 0 Å². The van der Waals surface area contributed by atoms with Gasteiger partial charge in [0.05, 0.1) is 45.0 Å². The fourth-order valence-corrected chi connectivity index (χ4v) is 8.40. The van der Waals surface area contributed by atoms with Crippen LogP contribution < -0.4 is 0 Å². The highest BCUT2D eigenvalue weighted by Gasteiger charge is 2.32. The third-order valence-electron chi connectivity index (χ3n) is 5.91. The number of carbonyl (C=O) groups is 1. The Hall–Kier alpha value is 0.970. The van der Waals surface area contributed by atoms with Crippen molar-refractivity contribution in [1.82, 2.24) is 4.90 Å². The molecule has 0 bridgehead atoms. The van der Waals surface area contributed by atoms with Crippen molar-refractivity contribution >= 4 is 75.8 Å². The molecular weight excluding hydrogens is 763 g/mol. The summed E-state index contributed by atoms with van der Waals surface area (Å²) in [6.45, 7) is -0.196. The third-order valence-corrected chi connectivity index (χ3v) is 12.1. The molecule has 0 aromatic carbocycles. The van der Waals surface area contributed by atoms with Crippen LogP contribution in [-0.4, -0.2) is 195 Å². The maximum Gasteiger partial charge on any atom is 0.283 e. The van der Waals surface area contributed by atoms with E-state index in [9.17, 15) is 50.8 Å². The first-order valence-corrected chi connectivity index (χ1v) is 21.0. The van der Waals surface area contributed by atoms with Gasteiger partial charge in [0.2, 0.25) is 0 Å². The summed E-state index contributed by atoms with van der Waals surface area (Å²) in [6.07, 6.45) is -7.94. The van der Waals surface area contributed by atoms with Crippen LogP contribution in [0, 0.1) is 0 Å². The van der Waals surface area contributed by atoms with E-state index in [-0.39, 0.29) is 52.2 Å². The first-order valence-electron chi connectivity index (χ1n) is 14.7. The highest BCUT2D eigenvalue weighted by atomic mass is 32.2. The summed E-state index contributed by atoms with van der Waals surface area (Å²) in [5.74, 6) is 0.122. The maximum absolute atomic E-state index is 12.1. The molecule has 11 atom stereocenters. The zero-order valence-corrected chi connectivity index (χ0v) is 31.0. The second kappa shape index (κ2) is 25.9. The lowest BCUT2D eigenvalue weighted by Crippen LogP contribution is -2.41. The fourth-order valence-electron chi connectivity index (χ4n) is 3.77. The number of nitrogens with zero attached hydrogens (tertiary/aromatic N) is 1. The molecule has 2 heterocycles. The number of amides is 1. The molecular formula is C25H47NO16S6. The molecule has 0 radical (unpaired) electrons. The number of hydrogen-bond donors (Lipinski definition) is 9. The van der Waals surface area contributed by atoms with Crippen molar-refractivity contribution in [3.8, 4) is 0 Å². The summed E-state index contributed by atoms with van der Waals surface area (Å²) in [6, 6.07) is 0. The van der Waals surface area contributed by atoms with E-state index in [1.807, 2.05) is 0 Å². The summed E-state index contributed by atoms with van der Waals surface area (Å²) in [7, 11) is 0. The number of thioether (sulfide) groups is 6. The molecule has 2 fully saturated rings. The maximum atomic E-state index is 12.1. The van der Waals surface area contributed by atoms with Gasteiger partial charge in [0, 0.05) is 34.5 Å². The lowest BCUT2D eigenvalue weighted by Gasteiger charge is -2.28. The Morgan fingerprint density at radius 2 is 1.10 bits per heavy atom. The minimum absolute atomic E-state index is 0.0154. The first-order chi connectivity index (χ1) is 23.0. The number of rotatable bonds is 8. The van der Waals surface area contributed by atoms with Crippen LogP contribution in [0.25, 0.3) is 0 Å². The summed E-state index contributed by atoms with van der Waals surface area (Å²) in [5.41, 5.74) is -3.75. The minimum atomic E-state index is -1.41. The van der Waals surface area contributed by atoms with Crippen molar-refractivity contribution in [2.75, 3.05) is 73.4 Å². The van der Waals surface area contributed by atoms with Gasteiger partial charge in [0.1, 0.15) is 28.0 Å². The Balaban J connectivity index is 2.08. The van der Waals surface area contributed by atoms with Gasteiger partial charge >= 0.3 is 0 Å². The van der Waals surface area contributed by atoms with E-state index in [1.165, 1.54) is 4.90 Å². The second-order valence-corrected chi connectivity index (χ2v) is 16.6. The average Bonchev–Trinajstić information content (AvgIpc) is 3.38. The lowest BCUT2D eigenvalue weighted by atomic mass is 10.3. The highest BCUT2D eigenvalue weighted by molar-refractivity contribution is 8.13. The monoisotopic (exact) mass is 809 g/mol. The molecule has 2 aliphatic heterocycles. The molecule has 0 aromatic rings. The summed E-state index contributed by atoms with van der Waals surface area (Å²) >= 11 is 6.08. The van der Waals surface area contributed by atoms with E-state index in [2.05, 4.69) is 0 Å². The molecule has 2 saturated heterocycles. The van der Waals surface area contributed by atoms with E-state index in [4.69, 9.17) is 28.4 Å². The van der Waals surface area contributed by atoms with Crippen molar-refractivity contribution in [1.29, 1.82) is 0 Å². The van der Waals surface area contributed by atoms with E-state index in [0.29, 0.717) is 0 Å². The quantitative estimate of drug-likeness (QED) is 0.135. The Morgan fingerprint density at radius 1 is 0.688 bits per heavy atom. The van der Waals surface area contributed by atoms with Crippen LogP contribution in [0.3, 0.4) is 0 Å². The Labute approximate surface area is 304 Å². The molecule has 23 heteroatoms. The first kappa shape index (κ1) is 45.1. The van der Waals surface area contributed by atoms with Crippen LogP contribution in [0.1, 0.15) is 6.92 Å². The van der Waals surface area contributed by atoms with Crippen LogP contribution in [0.4, 0.5) is 4.79 Å². The van der Waals surface area contributed by atoms with Crippen molar-refractivity contribution in [2.24, 2.45) is 0 Å². The largest absolute Gasteiger partial charge is 0.393 e. The Bertz CT molecular complexity index is 866. The van der Waals surface area contributed by atoms with Crippen LogP contribution in [-0.2, 0) is 28.4 Å². The van der Waals surface area contributed by atoms with Gasteiger partial charge in [-0.3, -0.25) is 4.79 Å². The van der Waals surface area contributed by atoms with Crippen molar-refractivity contribution in [3.63, 3.8) is 0 Å². The lowest BCUT2D eigenvalue weighted by molar-refractivity contribution is -0.147. The zero-order chi connectivity index (χ0) is 35.5. The van der Waals surface area contributed by atoms with E-state index in [0.717, 1.165) is 70.6 Å². The standard InChI is InChI=1S/C25H47NO16S6/c1-14(2-26-15(31)7-48-25(26)36)38-20-12-47-24(6-30)42-19(35)11-46-23(5-29)41-18(34)10-45-22(4-28)40-17(33)9-44-21(3-27)39-16(32)8-43-13-37-20/h14-24,27-35H,2-13H2,1H3/t14?,15?,16?,17?,18?,19?,20?,21?,22?,23-,24?/m0/s1. The molecule has 2 rings (SSSR count). The molecule has 0 spiro atoms.